The predicted octanol–water partition coefficient (Wildman–Crippen LogP) is 0.0296. The SMILES string of the molecule is Cc1c(C(=O)N2CCCC(O)C2)cnc2ncnn12. The van der Waals surface area contributed by atoms with Gasteiger partial charge in [-0.2, -0.15) is 10.1 Å². The maximum atomic E-state index is 12.4. The molecule has 0 saturated carbocycles. The Hall–Kier alpha value is -2.02. The molecule has 1 atom stereocenters. The molecule has 1 aliphatic rings. The van der Waals surface area contributed by atoms with E-state index in [2.05, 4.69) is 15.1 Å². The maximum absolute atomic E-state index is 12.4. The van der Waals surface area contributed by atoms with Crippen LogP contribution in [0.2, 0.25) is 0 Å². The highest BCUT2D eigenvalue weighted by Crippen LogP contribution is 2.15. The molecule has 1 saturated heterocycles. The van der Waals surface area contributed by atoms with E-state index in [-0.39, 0.29) is 5.91 Å². The Morgan fingerprint density at radius 1 is 1.47 bits per heavy atom. The van der Waals surface area contributed by atoms with Crippen molar-refractivity contribution in [1.29, 1.82) is 0 Å². The number of hydrogen-bond acceptors (Lipinski definition) is 5. The third-order valence-corrected chi connectivity index (χ3v) is 3.46. The molecule has 19 heavy (non-hydrogen) atoms. The predicted molar refractivity (Wildman–Crippen MR) is 66.7 cm³/mol. The van der Waals surface area contributed by atoms with Crippen molar-refractivity contribution in [2.75, 3.05) is 13.1 Å². The number of carbonyl (C=O) groups is 1. The molecule has 7 nitrogen and oxygen atoms in total. The number of aliphatic hydroxyl groups is 1. The van der Waals surface area contributed by atoms with Gasteiger partial charge in [0.25, 0.3) is 11.7 Å². The van der Waals surface area contributed by atoms with Crippen LogP contribution in [0.5, 0.6) is 0 Å². The number of nitrogens with zero attached hydrogens (tertiary/aromatic N) is 5. The van der Waals surface area contributed by atoms with Crippen molar-refractivity contribution in [2.24, 2.45) is 0 Å². The topological polar surface area (TPSA) is 83.6 Å². The van der Waals surface area contributed by atoms with Crippen molar-refractivity contribution in [1.82, 2.24) is 24.5 Å². The average molecular weight is 261 g/mol. The Labute approximate surface area is 109 Å². The minimum atomic E-state index is -0.430. The fourth-order valence-corrected chi connectivity index (χ4v) is 2.41. The van der Waals surface area contributed by atoms with Gasteiger partial charge in [-0.15, -0.1) is 0 Å². The molecule has 0 radical (unpaired) electrons. The van der Waals surface area contributed by atoms with Gasteiger partial charge in [0, 0.05) is 19.3 Å². The molecule has 1 N–H and O–H groups in total. The lowest BCUT2D eigenvalue weighted by Gasteiger charge is -2.30. The molecule has 2 aromatic heterocycles. The molecule has 1 amide bonds. The van der Waals surface area contributed by atoms with Crippen LogP contribution >= 0.6 is 0 Å². The molecule has 2 aromatic rings. The number of likely N-dealkylation sites (tertiary alicyclic amines) is 1. The number of aromatic nitrogens is 4. The summed E-state index contributed by atoms with van der Waals surface area (Å²) in [6.45, 7) is 2.87. The van der Waals surface area contributed by atoms with E-state index in [9.17, 15) is 9.90 Å². The van der Waals surface area contributed by atoms with Gasteiger partial charge in [-0.05, 0) is 19.8 Å². The van der Waals surface area contributed by atoms with Crippen molar-refractivity contribution in [3.63, 3.8) is 0 Å². The number of piperidine rings is 1. The van der Waals surface area contributed by atoms with Gasteiger partial charge in [0.2, 0.25) is 0 Å². The number of β-amino-alcohol motifs (C(OH)–C–C–N with tert-alkyl or cyclic N) is 1. The molecular formula is C12H15N5O2. The number of amides is 1. The van der Waals surface area contributed by atoms with Crippen molar-refractivity contribution < 1.29 is 9.90 Å². The Bertz CT molecular complexity index is 624. The fourth-order valence-electron chi connectivity index (χ4n) is 2.41. The Morgan fingerprint density at radius 3 is 3.11 bits per heavy atom. The first-order valence-electron chi connectivity index (χ1n) is 6.29. The molecular weight excluding hydrogens is 246 g/mol. The molecule has 1 unspecified atom stereocenters. The van der Waals surface area contributed by atoms with E-state index in [0.717, 1.165) is 12.8 Å². The molecule has 3 rings (SSSR count). The number of rotatable bonds is 1. The van der Waals surface area contributed by atoms with E-state index in [4.69, 9.17) is 0 Å². The largest absolute Gasteiger partial charge is 0.391 e. The van der Waals surface area contributed by atoms with Crippen LogP contribution in [-0.2, 0) is 0 Å². The van der Waals surface area contributed by atoms with E-state index in [1.165, 1.54) is 12.5 Å². The van der Waals surface area contributed by atoms with Crippen LogP contribution in [0, 0.1) is 6.92 Å². The first-order chi connectivity index (χ1) is 9.16. The third kappa shape index (κ3) is 2.06. The quantitative estimate of drug-likeness (QED) is 0.783. The van der Waals surface area contributed by atoms with E-state index in [1.54, 1.807) is 9.42 Å². The highest BCUT2D eigenvalue weighted by molar-refractivity contribution is 5.95. The molecule has 0 aliphatic carbocycles. The van der Waals surface area contributed by atoms with Gasteiger partial charge < -0.3 is 10.0 Å². The summed E-state index contributed by atoms with van der Waals surface area (Å²) in [5, 5.41) is 13.7. The minimum Gasteiger partial charge on any atom is -0.391 e. The number of aliphatic hydroxyl groups excluding tert-OH is 1. The summed E-state index contributed by atoms with van der Waals surface area (Å²) < 4.78 is 1.55. The third-order valence-electron chi connectivity index (χ3n) is 3.46. The monoisotopic (exact) mass is 261 g/mol. The first-order valence-corrected chi connectivity index (χ1v) is 6.29. The summed E-state index contributed by atoms with van der Waals surface area (Å²) >= 11 is 0. The van der Waals surface area contributed by atoms with Crippen LogP contribution in [-0.4, -0.2) is 54.7 Å². The van der Waals surface area contributed by atoms with Crippen LogP contribution < -0.4 is 0 Å². The maximum Gasteiger partial charge on any atom is 0.257 e. The number of carbonyl (C=O) groups excluding carboxylic acids is 1. The molecule has 1 aliphatic heterocycles. The zero-order chi connectivity index (χ0) is 13.4. The highest BCUT2D eigenvalue weighted by atomic mass is 16.3. The fraction of sp³-hybridized carbons (Fsp3) is 0.500. The second kappa shape index (κ2) is 4.58. The lowest BCUT2D eigenvalue weighted by Crippen LogP contribution is -2.42. The molecule has 7 heteroatoms. The molecule has 3 heterocycles. The van der Waals surface area contributed by atoms with E-state index >= 15 is 0 Å². The summed E-state index contributed by atoms with van der Waals surface area (Å²) in [5.74, 6) is 0.369. The van der Waals surface area contributed by atoms with Crippen LogP contribution in [0.4, 0.5) is 0 Å². The lowest BCUT2D eigenvalue weighted by molar-refractivity contribution is 0.0472. The average Bonchev–Trinajstić information content (AvgIpc) is 2.88. The van der Waals surface area contributed by atoms with Gasteiger partial charge in [-0.3, -0.25) is 4.79 Å². The van der Waals surface area contributed by atoms with E-state index < -0.39 is 6.10 Å². The van der Waals surface area contributed by atoms with Gasteiger partial charge in [0.05, 0.1) is 17.4 Å². The second-order valence-corrected chi connectivity index (χ2v) is 4.78. The van der Waals surface area contributed by atoms with E-state index in [0.29, 0.717) is 30.1 Å². The van der Waals surface area contributed by atoms with Crippen LogP contribution in [0.3, 0.4) is 0 Å². The Balaban J connectivity index is 1.94. The van der Waals surface area contributed by atoms with Crippen molar-refractivity contribution in [2.45, 2.75) is 25.9 Å². The van der Waals surface area contributed by atoms with Crippen LogP contribution in [0.25, 0.3) is 5.78 Å². The summed E-state index contributed by atoms with van der Waals surface area (Å²) in [4.78, 5) is 22.2. The first kappa shape index (κ1) is 12.0. The van der Waals surface area contributed by atoms with Crippen LogP contribution in [0.1, 0.15) is 28.9 Å². The standard InChI is InChI=1S/C12H15N5O2/c1-8-10(5-13-12-14-7-15-17(8)12)11(19)16-4-2-3-9(18)6-16/h5,7,9,18H,2-4,6H2,1H3. The summed E-state index contributed by atoms with van der Waals surface area (Å²) in [7, 11) is 0. The van der Waals surface area contributed by atoms with Gasteiger partial charge >= 0.3 is 0 Å². The molecule has 0 spiro atoms. The van der Waals surface area contributed by atoms with Crippen LogP contribution in [0.15, 0.2) is 12.5 Å². The zero-order valence-electron chi connectivity index (χ0n) is 10.7. The van der Waals surface area contributed by atoms with E-state index in [1.807, 2.05) is 6.92 Å². The van der Waals surface area contributed by atoms with Gasteiger partial charge in [-0.1, -0.05) is 0 Å². The number of aryl methyl sites for hydroxylation is 1. The van der Waals surface area contributed by atoms with Crippen molar-refractivity contribution in [3.8, 4) is 0 Å². The number of fused-ring (bicyclic) bond motifs is 1. The van der Waals surface area contributed by atoms with Crippen molar-refractivity contribution in [3.05, 3.63) is 23.8 Å². The summed E-state index contributed by atoms with van der Waals surface area (Å²) in [6.07, 6.45) is 4.09. The Morgan fingerprint density at radius 2 is 2.32 bits per heavy atom. The van der Waals surface area contributed by atoms with Gasteiger partial charge in [0.1, 0.15) is 6.33 Å². The normalized spacial score (nSPS) is 19.9. The molecule has 100 valence electrons. The summed E-state index contributed by atoms with van der Waals surface area (Å²) in [5.41, 5.74) is 1.22. The summed E-state index contributed by atoms with van der Waals surface area (Å²) in [6, 6.07) is 0. The second-order valence-electron chi connectivity index (χ2n) is 4.78. The molecule has 0 bridgehead atoms. The Kier molecular flexibility index (Phi) is 2.90. The lowest BCUT2D eigenvalue weighted by atomic mass is 10.1. The smallest absolute Gasteiger partial charge is 0.257 e. The molecule has 0 aromatic carbocycles. The van der Waals surface area contributed by atoms with Gasteiger partial charge in [0.15, 0.2) is 0 Å². The van der Waals surface area contributed by atoms with Gasteiger partial charge in [-0.25, -0.2) is 9.50 Å². The van der Waals surface area contributed by atoms with Crippen molar-refractivity contribution >= 4 is 11.7 Å². The minimum absolute atomic E-state index is 0.110. The highest BCUT2D eigenvalue weighted by Gasteiger charge is 2.25. The molecule has 1 fully saturated rings. The number of hydrogen-bond donors (Lipinski definition) is 1. The zero-order valence-corrected chi connectivity index (χ0v) is 10.7.